The number of carbonyl (C=O) groups is 1. The molecule has 0 spiro atoms. The number of carbonyl (C=O) groups excluding carboxylic acids is 1. The number of para-hydroxylation sites is 1. The molecule has 102 valence electrons. The van der Waals surface area contributed by atoms with Crippen molar-refractivity contribution < 1.29 is 4.79 Å². The van der Waals surface area contributed by atoms with Gasteiger partial charge in [0.25, 0.3) is 0 Å². The average Bonchev–Trinajstić information content (AvgIpc) is 2.91. The minimum Gasteiger partial charge on any atom is -0.373 e. The lowest BCUT2D eigenvalue weighted by Gasteiger charge is -2.21. The van der Waals surface area contributed by atoms with Crippen molar-refractivity contribution in [3.8, 4) is 0 Å². The molecule has 2 aromatic carbocycles. The fraction of sp³-hybridized carbons (Fsp3) is 0.235. The second-order valence-electron chi connectivity index (χ2n) is 5.24. The number of anilines is 1. The number of likely N-dealkylation sites (N-methyl/N-ethyl adjacent to an activating group) is 1. The Labute approximate surface area is 119 Å². The molecule has 3 rings (SSSR count). The van der Waals surface area contributed by atoms with Crippen molar-refractivity contribution in [3.63, 3.8) is 0 Å². The van der Waals surface area contributed by atoms with Gasteiger partial charge in [-0.25, -0.2) is 0 Å². The van der Waals surface area contributed by atoms with Gasteiger partial charge in [0.05, 0.1) is 0 Å². The first-order valence-electron chi connectivity index (χ1n) is 6.87. The van der Waals surface area contributed by atoms with Crippen LogP contribution in [-0.2, 0) is 17.8 Å². The van der Waals surface area contributed by atoms with Crippen molar-refractivity contribution in [1.29, 1.82) is 0 Å². The summed E-state index contributed by atoms with van der Waals surface area (Å²) in [7, 11) is 1.86. The number of benzene rings is 2. The first-order chi connectivity index (χ1) is 9.74. The normalized spacial score (nSPS) is 16.4. The minimum absolute atomic E-state index is 0.138. The predicted octanol–water partition coefficient (Wildman–Crippen LogP) is 2.68. The fourth-order valence-corrected chi connectivity index (χ4v) is 2.65. The third-order valence-electron chi connectivity index (χ3n) is 3.71. The summed E-state index contributed by atoms with van der Waals surface area (Å²) in [5.41, 5.74) is 3.46. The van der Waals surface area contributed by atoms with Gasteiger partial charge in [-0.3, -0.25) is 4.79 Å². The van der Waals surface area contributed by atoms with Gasteiger partial charge in [0.15, 0.2) is 0 Å². The molecule has 0 saturated carbocycles. The average molecular weight is 266 g/mol. The lowest BCUT2D eigenvalue weighted by molar-refractivity contribution is -0.131. The van der Waals surface area contributed by atoms with Gasteiger partial charge < -0.3 is 10.2 Å². The van der Waals surface area contributed by atoms with E-state index < -0.39 is 0 Å². The van der Waals surface area contributed by atoms with E-state index in [0.29, 0.717) is 6.54 Å². The van der Waals surface area contributed by atoms with Crippen LogP contribution in [0, 0.1) is 0 Å². The molecule has 3 heteroatoms. The summed E-state index contributed by atoms with van der Waals surface area (Å²) >= 11 is 0. The third kappa shape index (κ3) is 2.52. The molecule has 1 atom stereocenters. The van der Waals surface area contributed by atoms with Crippen LogP contribution in [0.4, 0.5) is 5.69 Å². The molecule has 0 bridgehead atoms. The van der Waals surface area contributed by atoms with E-state index in [1.165, 1.54) is 5.56 Å². The molecule has 1 amide bonds. The van der Waals surface area contributed by atoms with E-state index in [2.05, 4.69) is 11.4 Å². The molecule has 0 saturated heterocycles. The second-order valence-corrected chi connectivity index (χ2v) is 5.24. The van der Waals surface area contributed by atoms with Crippen molar-refractivity contribution in [3.05, 3.63) is 65.7 Å². The molecular formula is C17H18N2O. The molecule has 0 aromatic heterocycles. The SMILES string of the molecule is CN(Cc1ccccc1)C(=O)C1Cc2ccccc2N1. The van der Waals surface area contributed by atoms with E-state index in [0.717, 1.165) is 17.7 Å². The molecule has 0 fully saturated rings. The molecule has 20 heavy (non-hydrogen) atoms. The monoisotopic (exact) mass is 266 g/mol. The Hall–Kier alpha value is -2.29. The van der Waals surface area contributed by atoms with Crippen molar-refractivity contribution >= 4 is 11.6 Å². The number of nitrogens with zero attached hydrogens (tertiary/aromatic N) is 1. The van der Waals surface area contributed by atoms with Crippen molar-refractivity contribution in [2.24, 2.45) is 0 Å². The van der Waals surface area contributed by atoms with E-state index in [9.17, 15) is 4.79 Å². The fourth-order valence-electron chi connectivity index (χ4n) is 2.65. The summed E-state index contributed by atoms with van der Waals surface area (Å²) in [6.07, 6.45) is 0.772. The Morgan fingerprint density at radius 1 is 1.15 bits per heavy atom. The molecule has 1 unspecified atom stereocenters. The highest BCUT2D eigenvalue weighted by molar-refractivity contribution is 5.87. The van der Waals surface area contributed by atoms with Crippen molar-refractivity contribution in [2.75, 3.05) is 12.4 Å². The lowest BCUT2D eigenvalue weighted by Crippen LogP contribution is -2.39. The Balaban J connectivity index is 1.66. The highest BCUT2D eigenvalue weighted by Crippen LogP contribution is 2.26. The molecule has 1 heterocycles. The molecule has 1 N–H and O–H groups in total. The summed E-state index contributed by atoms with van der Waals surface area (Å²) in [4.78, 5) is 14.3. The number of rotatable bonds is 3. The van der Waals surface area contributed by atoms with Crippen LogP contribution in [0.3, 0.4) is 0 Å². The van der Waals surface area contributed by atoms with Crippen LogP contribution in [0.2, 0.25) is 0 Å². The quantitative estimate of drug-likeness (QED) is 0.926. The maximum atomic E-state index is 12.5. The first kappa shape index (κ1) is 12.7. The molecule has 1 aliphatic rings. The third-order valence-corrected chi connectivity index (χ3v) is 3.71. The van der Waals surface area contributed by atoms with Crippen LogP contribution in [0.5, 0.6) is 0 Å². The van der Waals surface area contributed by atoms with E-state index in [1.54, 1.807) is 4.90 Å². The molecule has 0 aliphatic carbocycles. The van der Waals surface area contributed by atoms with E-state index in [4.69, 9.17) is 0 Å². The second kappa shape index (κ2) is 5.37. The highest BCUT2D eigenvalue weighted by Gasteiger charge is 2.28. The maximum Gasteiger partial charge on any atom is 0.245 e. The number of fused-ring (bicyclic) bond motifs is 1. The van der Waals surface area contributed by atoms with Crippen LogP contribution >= 0.6 is 0 Å². The highest BCUT2D eigenvalue weighted by atomic mass is 16.2. The van der Waals surface area contributed by atoms with Crippen molar-refractivity contribution in [1.82, 2.24) is 4.90 Å². The largest absolute Gasteiger partial charge is 0.373 e. The Kier molecular flexibility index (Phi) is 3.42. The van der Waals surface area contributed by atoms with E-state index >= 15 is 0 Å². The topological polar surface area (TPSA) is 32.3 Å². The zero-order valence-corrected chi connectivity index (χ0v) is 11.5. The van der Waals surface area contributed by atoms with Crippen LogP contribution in [0.1, 0.15) is 11.1 Å². The Bertz CT molecular complexity index is 584. The number of hydrogen-bond acceptors (Lipinski definition) is 2. The van der Waals surface area contributed by atoms with E-state index in [-0.39, 0.29) is 11.9 Å². The summed E-state index contributed by atoms with van der Waals surface area (Å²) in [6, 6.07) is 18.0. The summed E-state index contributed by atoms with van der Waals surface area (Å²) in [5, 5.41) is 3.31. The van der Waals surface area contributed by atoms with Crippen LogP contribution in [-0.4, -0.2) is 23.9 Å². The summed E-state index contributed by atoms with van der Waals surface area (Å²) < 4.78 is 0. The van der Waals surface area contributed by atoms with Crippen LogP contribution in [0.15, 0.2) is 54.6 Å². The van der Waals surface area contributed by atoms with E-state index in [1.807, 2.05) is 55.6 Å². The number of amides is 1. The van der Waals surface area contributed by atoms with Gasteiger partial charge in [0.1, 0.15) is 6.04 Å². The smallest absolute Gasteiger partial charge is 0.245 e. The van der Waals surface area contributed by atoms with Gasteiger partial charge >= 0.3 is 0 Å². The van der Waals surface area contributed by atoms with Crippen LogP contribution < -0.4 is 5.32 Å². The minimum atomic E-state index is -0.138. The molecule has 0 radical (unpaired) electrons. The maximum absolute atomic E-state index is 12.5. The van der Waals surface area contributed by atoms with Gasteiger partial charge in [-0.2, -0.15) is 0 Å². The number of nitrogens with one attached hydrogen (secondary N) is 1. The van der Waals surface area contributed by atoms with Crippen LogP contribution in [0.25, 0.3) is 0 Å². The van der Waals surface area contributed by atoms with Gasteiger partial charge in [0, 0.05) is 25.7 Å². The predicted molar refractivity (Wildman–Crippen MR) is 80.5 cm³/mol. The van der Waals surface area contributed by atoms with Gasteiger partial charge in [-0.05, 0) is 17.2 Å². The summed E-state index contributed by atoms with van der Waals surface area (Å²) in [6.45, 7) is 0.647. The van der Waals surface area contributed by atoms with Crippen molar-refractivity contribution in [2.45, 2.75) is 19.0 Å². The number of hydrogen-bond donors (Lipinski definition) is 1. The van der Waals surface area contributed by atoms with Gasteiger partial charge in [-0.15, -0.1) is 0 Å². The molecular weight excluding hydrogens is 248 g/mol. The Morgan fingerprint density at radius 2 is 1.85 bits per heavy atom. The summed E-state index contributed by atoms with van der Waals surface area (Å²) in [5.74, 6) is 0.144. The lowest BCUT2D eigenvalue weighted by atomic mass is 10.1. The standard InChI is InChI=1S/C17H18N2O/c1-19(12-13-7-3-2-4-8-13)17(20)16-11-14-9-5-6-10-15(14)18-16/h2-10,16,18H,11-12H2,1H3. The van der Waals surface area contributed by atoms with Gasteiger partial charge in [0.2, 0.25) is 5.91 Å². The Morgan fingerprint density at radius 3 is 2.60 bits per heavy atom. The zero-order chi connectivity index (χ0) is 13.9. The first-order valence-corrected chi connectivity index (χ1v) is 6.87. The molecule has 2 aromatic rings. The molecule has 3 nitrogen and oxygen atoms in total. The zero-order valence-electron chi connectivity index (χ0n) is 11.5. The van der Waals surface area contributed by atoms with Gasteiger partial charge in [-0.1, -0.05) is 48.5 Å². The molecule has 1 aliphatic heterocycles.